The molecule has 1 aliphatic heterocycles. The van der Waals surface area contributed by atoms with Crippen LogP contribution in [0.2, 0.25) is 0 Å². The summed E-state index contributed by atoms with van der Waals surface area (Å²) in [5.74, 6) is 1.28. The Kier molecular flexibility index (Phi) is 3.62. The minimum atomic E-state index is -0.736. The van der Waals surface area contributed by atoms with Gasteiger partial charge in [0.25, 0.3) is 5.91 Å². The monoisotopic (exact) mass is 251 g/mol. The van der Waals surface area contributed by atoms with Crippen molar-refractivity contribution in [1.82, 2.24) is 4.90 Å². The number of aryl methyl sites for hydroxylation is 2. The number of amides is 1. The van der Waals surface area contributed by atoms with E-state index < -0.39 is 10.8 Å². The fourth-order valence-electron chi connectivity index (χ4n) is 1.90. The molecule has 1 aromatic carbocycles. The average molecular weight is 251 g/mol. The van der Waals surface area contributed by atoms with Crippen molar-refractivity contribution >= 4 is 16.7 Å². The minimum absolute atomic E-state index is 0.0600. The van der Waals surface area contributed by atoms with E-state index in [2.05, 4.69) is 0 Å². The molecule has 1 aromatic rings. The number of benzene rings is 1. The molecule has 17 heavy (non-hydrogen) atoms. The number of rotatable bonds is 1. The topological polar surface area (TPSA) is 37.4 Å². The van der Waals surface area contributed by atoms with Crippen LogP contribution in [0.5, 0.6) is 0 Å². The molecule has 0 atom stereocenters. The molecule has 1 heterocycles. The maximum atomic E-state index is 12.2. The molecule has 3 nitrogen and oxygen atoms in total. The summed E-state index contributed by atoms with van der Waals surface area (Å²) in [5, 5.41) is 0. The maximum absolute atomic E-state index is 12.2. The largest absolute Gasteiger partial charge is 0.337 e. The predicted octanol–water partition coefficient (Wildman–Crippen LogP) is 1.51. The summed E-state index contributed by atoms with van der Waals surface area (Å²) in [6, 6.07) is 5.78. The molecule has 1 saturated heterocycles. The predicted molar refractivity (Wildman–Crippen MR) is 69.7 cm³/mol. The highest BCUT2D eigenvalue weighted by Gasteiger charge is 2.21. The van der Waals surface area contributed by atoms with Crippen LogP contribution in [0.25, 0.3) is 0 Å². The van der Waals surface area contributed by atoms with Crippen molar-refractivity contribution in [1.29, 1.82) is 0 Å². The molecular formula is C13H17NO2S. The number of hydrogen-bond donors (Lipinski definition) is 0. The fraction of sp³-hybridized carbons (Fsp3) is 0.462. The normalized spacial score (nSPS) is 17.2. The molecule has 0 aromatic heterocycles. The summed E-state index contributed by atoms with van der Waals surface area (Å²) < 4.78 is 11.2. The van der Waals surface area contributed by atoms with Gasteiger partial charge in [0.05, 0.1) is 0 Å². The van der Waals surface area contributed by atoms with E-state index in [1.54, 1.807) is 4.90 Å². The van der Waals surface area contributed by atoms with Gasteiger partial charge in [0, 0.05) is 41.0 Å². The summed E-state index contributed by atoms with van der Waals surface area (Å²) in [4.78, 5) is 14.0. The van der Waals surface area contributed by atoms with Crippen LogP contribution >= 0.6 is 0 Å². The van der Waals surface area contributed by atoms with Gasteiger partial charge in [0.1, 0.15) is 0 Å². The van der Waals surface area contributed by atoms with Crippen molar-refractivity contribution in [3.8, 4) is 0 Å². The van der Waals surface area contributed by atoms with Gasteiger partial charge < -0.3 is 4.90 Å². The summed E-state index contributed by atoms with van der Waals surface area (Å²) in [6.45, 7) is 5.27. The smallest absolute Gasteiger partial charge is 0.253 e. The van der Waals surface area contributed by atoms with Crippen LogP contribution in [0.3, 0.4) is 0 Å². The molecule has 1 fully saturated rings. The molecule has 0 unspecified atom stereocenters. The highest BCUT2D eigenvalue weighted by molar-refractivity contribution is 7.85. The average Bonchev–Trinajstić information content (AvgIpc) is 2.33. The Hall–Kier alpha value is -1.16. The summed E-state index contributed by atoms with van der Waals surface area (Å²) in [6.07, 6.45) is 0. The van der Waals surface area contributed by atoms with E-state index in [0.717, 1.165) is 11.1 Å². The number of nitrogens with zero attached hydrogens (tertiary/aromatic N) is 1. The van der Waals surface area contributed by atoms with Crippen LogP contribution in [-0.2, 0) is 10.8 Å². The second-order valence-electron chi connectivity index (χ2n) is 4.44. The molecule has 1 amide bonds. The van der Waals surface area contributed by atoms with Gasteiger partial charge in [-0.1, -0.05) is 6.07 Å². The Labute approximate surface area is 104 Å². The van der Waals surface area contributed by atoms with E-state index in [9.17, 15) is 9.00 Å². The van der Waals surface area contributed by atoms with Crippen LogP contribution in [-0.4, -0.2) is 39.6 Å². The van der Waals surface area contributed by atoms with E-state index >= 15 is 0 Å². The molecule has 0 aliphatic carbocycles. The highest BCUT2D eigenvalue weighted by atomic mass is 32.2. The third-order valence-corrected chi connectivity index (χ3v) is 4.49. The molecule has 0 N–H and O–H groups in total. The third kappa shape index (κ3) is 2.75. The van der Waals surface area contributed by atoms with Crippen molar-refractivity contribution in [3.05, 3.63) is 34.9 Å². The summed E-state index contributed by atoms with van der Waals surface area (Å²) in [5.41, 5.74) is 3.07. The van der Waals surface area contributed by atoms with E-state index in [1.165, 1.54) is 5.56 Å². The van der Waals surface area contributed by atoms with E-state index in [0.29, 0.717) is 24.6 Å². The van der Waals surface area contributed by atoms with Crippen molar-refractivity contribution in [2.75, 3.05) is 24.6 Å². The number of carbonyl (C=O) groups excluding carboxylic acids is 1. The Bertz CT molecular complexity index is 460. The van der Waals surface area contributed by atoms with Gasteiger partial charge in [-0.15, -0.1) is 0 Å². The van der Waals surface area contributed by atoms with E-state index in [-0.39, 0.29) is 5.91 Å². The lowest BCUT2D eigenvalue weighted by atomic mass is 10.1. The molecule has 2 rings (SSSR count). The number of carbonyl (C=O) groups is 1. The van der Waals surface area contributed by atoms with E-state index in [1.807, 2.05) is 32.0 Å². The summed E-state index contributed by atoms with van der Waals surface area (Å²) in [7, 11) is -0.736. The highest BCUT2D eigenvalue weighted by Crippen LogP contribution is 2.13. The Morgan fingerprint density at radius 1 is 1.18 bits per heavy atom. The van der Waals surface area contributed by atoms with Gasteiger partial charge in [0.2, 0.25) is 0 Å². The van der Waals surface area contributed by atoms with Crippen molar-refractivity contribution in [3.63, 3.8) is 0 Å². The van der Waals surface area contributed by atoms with Crippen molar-refractivity contribution in [2.24, 2.45) is 0 Å². The van der Waals surface area contributed by atoms with Gasteiger partial charge in [0.15, 0.2) is 0 Å². The second kappa shape index (κ2) is 5.00. The number of hydrogen-bond acceptors (Lipinski definition) is 2. The van der Waals surface area contributed by atoms with Gasteiger partial charge in [-0.25, -0.2) is 0 Å². The minimum Gasteiger partial charge on any atom is -0.337 e. The molecule has 0 radical (unpaired) electrons. The van der Waals surface area contributed by atoms with Crippen molar-refractivity contribution in [2.45, 2.75) is 13.8 Å². The van der Waals surface area contributed by atoms with Gasteiger partial charge in [-0.2, -0.15) is 0 Å². The first kappa shape index (κ1) is 12.3. The van der Waals surface area contributed by atoms with Crippen LogP contribution in [0.15, 0.2) is 18.2 Å². The quantitative estimate of drug-likeness (QED) is 0.758. The van der Waals surface area contributed by atoms with Crippen LogP contribution < -0.4 is 0 Å². The Morgan fingerprint density at radius 2 is 1.82 bits per heavy atom. The van der Waals surface area contributed by atoms with Gasteiger partial charge in [-0.3, -0.25) is 9.00 Å². The van der Waals surface area contributed by atoms with Crippen LogP contribution in [0, 0.1) is 13.8 Å². The van der Waals surface area contributed by atoms with Gasteiger partial charge >= 0.3 is 0 Å². The lowest BCUT2D eigenvalue weighted by Gasteiger charge is -2.26. The SMILES string of the molecule is Cc1ccc(C(=O)N2CCS(=O)CC2)cc1C. The maximum Gasteiger partial charge on any atom is 0.253 e. The molecule has 0 bridgehead atoms. The molecule has 0 saturated carbocycles. The van der Waals surface area contributed by atoms with Crippen LogP contribution in [0.4, 0.5) is 0 Å². The molecule has 92 valence electrons. The third-order valence-electron chi connectivity index (χ3n) is 3.22. The van der Waals surface area contributed by atoms with Crippen molar-refractivity contribution < 1.29 is 9.00 Å². The van der Waals surface area contributed by atoms with Gasteiger partial charge in [-0.05, 0) is 37.1 Å². The Morgan fingerprint density at radius 3 is 2.41 bits per heavy atom. The first-order chi connectivity index (χ1) is 8.08. The zero-order chi connectivity index (χ0) is 12.4. The van der Waals surface area contributed by atoms with E-state index in [4.69, 9.17) is 0 Å². The first-order valence-electron chi connectivity index (χ1n) is 5.79. The lowest BCUT2D eigenvalue weighted by molar-refractivity contribution is 0.0771. The zero-order valence-electron chi connectivity index (χ0n) is 10.2. The molecule has 1 aliphatic rings. The molecular weight excluding hydrogens is 234 g/mol. The standard InChI is InChI=1S/C13H17NO2S/c1-10-3-4-12(9-11(10)2)13(15)14-5-7-17(16)8-6-14/h3-4,9H,5-8H2,1-2H3. The first-order valence-corrected chi connectivity index (χ1v) is 7.28. The summed E-state index contributed by atoms with van der Waals surface area (Å²) >= 11 is 0. The molecule has 0 spiro atoms. The molecule has 4 heteroatoms. The second-order valence-corrected chi connectivity index (χ2v) is 6.14. The lowest BCUT2D eigenvalue weighted by Crippen LogP contribution is -2.41. The van der Waals surface area contributed by atoms with Crippen LogP contribution in [0.1, 0.15) is 21.5 Å². The fourth-order valence-corrected chi connectivity index (χ4v) is 2.95. The zero-order valence-corrected chi connectivity index (χ0v) is 11.0. The Balaban J connectivity index is 2.14.